The molecule has 2 rings (SSSR count). The van der Waals surface area contributed by atoms with Gasteiger partial charge < -0.3 is 10.2 Å². The van der Waals surface area contributed by atoms with Crippen molar-refractivity contribution in [2.24, 2.45) is 0 Å². The highest BCUT2D eigenvalue weighted by atomic mass is 16.2. The van der Waals surface area contributed by atoms with E-state index in [1.807, 2.05) is 0 Å². The van der Waals surface area contributed by atoms with Crippen molar-refractivity contribution < 1.29 is 4.79 Å². The molecule has 0 bridgehead atoms. The zero-order chi connectivity index (χ0) is 15.2. The number of rotatable bonds is 6. The Hall–Kier alpha value is -0.610. The van der Waals surface area contributed by atoms with Crippen molar-refractivity contribution in [3.05, 3.63) is 0 Å². The van der Waals surface area contributed by atoms with Crippen LogP contribution in [-0.2, 0) is 4.79 Å². The van der Waals surface area contributed by atoms with Crippen LogP contribution in [0, 0.1) is 0 Å². The summed E-state index contributed by atoms with van der Waals surface area (Å²) in [6.45, 7) is 10.7. The molecule has 0 aliphatic carbocycles. The standard InChI is InChI=1S/C17H33N3O/c1-4-10-18-14(2)16-9-5-6-13-20(16)15(3)17(21)19-11-7-8-12-19/h14-16,18H,4-13H2,1-3H3. The fraction of sp³-hybridized carbons (Fsp3) is 0.941. The van der Waals surface area contributed by atoms with Crippen LogP contribution in [0.2, 0.25) is 0 Å². The van der Waals surface area contributed by atoms with Crippen molar-refractivity contribution in [3.63, 3.8) is 0 Å². The molecular formula is C17H33N3O. The van der Waals surface area contributed by atoms with E-state index in [9.17, 15) is 4.79 Å². The molecule has 4 heteroatoms. The van der Waals surface area contributed by atoms with Crippen LogP contribution in [0.3, 0.4) is 0 Å². The normalized spacial score (nSPS) is 26.8. The van der Waals surface area contributed by atoms with Gasteiger partial charge in [-0.25, -0.2) is 0 Å². The Morgan fingerprint density at radius 3 is 2.48 bits per heavy atom. The zero-order valence-electron chi connectivity index (χ0n) is 14.1. The molecule has 21 heavy (non-hydrogen) atoms. The van der Waals surface area contributed by atoms with Gasteiger partial charge >= 0.3 is 0 Å². The van der Waals surface area contributed by atoms with Crippen molar-refractivity contribution in [1.29, 1.82) is 0 Å². The molecule has 2 saturated heterocycles. The fourth-order valence-electron chi connectivity index (χ4n) is 3.85. The first kappa shape index (κ1) is 16.8. The Bertz CT molecular complexity index is 328. The van der Waals surface area contributed by atoms with Gasteiger partial charge in [-0.2, -0.15) is 0 Å². The van der Waals surface area contributed by atoms with E-state index in [1.54, 1.807) is 0 Å². The van der Waals surface area contributed by atoms with Gasteiger partial charge in [0.15, 0.2) is 0 Å². The van der Waals surface area contributed by atoms with Crippen LogP contribution in [0.15, 0.2) is 0 Å². The van der Waals surface area contributed by atoms with Crippen LogP contribution >= 0.6 is 0 Å². The van der Waals surface area contributed by atoms with Crippen LogP contribution in [0.5, 0.6) is 0 Å². The molecule has 3 unspecified atom stereocenters. The molecule has 2 aliphatic rings. The van der Waals surface area contributed by atoms with Crippen molar-refractivity contribution in [1.82, 2.24) is 15.1 Å². The van der Waals surface area contributed by atoms with Crippen LogP contribution in [0.25, 0.3) is 0 Å². The van der Waals surface area contributed by atoms with Crippen LogP contribution in [0.1, 0.15) is 59.3 Å². The predicted molar refractivity (Wildman–Crippen MR) is 87.4 cm³/mol. The van der Waals surface area contributed by atoms with Crippen LogP contribution in [-0.4, -0.2) is 60.0 Å². The molecule has 122 valence electrons. The first-order valence-electron chi connectivity index (χ1n) is 8.93. The van der Waals surface area contributed by atoms with E-state index in [1.165, 1.54) is 38.5 Å². The van der Waals surface area contributed by atoms with E-state index < -0.39 is 0 Å². The summed E-state index contributed by atoms with van der Waals surface area (Å²) < 4.78 is 0. The quantitative estimate of drug-likeness (QED) is 0.816. The second-order valence-electron chi connectivity index (χ2n) is 6.75. The highest BCUT2D eigenvalue weighted by Gasteiger charge is 2.35. The smallest absolute Gasteiger partial charge is 0.239 e. The third-order valence-electron chi connectivity index (χ3n) is 5.16. The van der Waals surface area contributed by atoms with Crippen LogP contribution < -0.4 is 5.32 Å². The average Bonchev–Trinajstić information content (AvgIpc) is 3.05. The Morgan fingerprint density at radius 2 is 1.81 bits per heavy atom. The molecule has 0 spiro atoms. The molecule has 2 heterocycles. The van der Waals surface area contributed by atoms with Gasteiger partial charge in [0.25, 0.3) is 0 Å². The van der Waals surface area contributed by atoms with Gasteiger partial charge in [0.05, 0.1) is 6.04 Å². The Balaban J connectivity index is 1.97. The number of carbonyl (C=O) groups is 1. The van der Waals surface area contributed by atoms with E-state index >= 15 is 0 Å². The minimum Gasteiger partial charge on any atom is -0.341 e. The lowest BCUT2D eigenvalue weighted by atomic mass is 9.94. The molecule has 2 aliphatic heterocycles. The summed E-state index contributed by atoms with van der Waals surface area (Å²) in [5.41, 5.74) is 0. The number of carbonyl (C=O) groups excluding carboxylic acids is 1. The molecule has 0 aromatic rings. The number of hydrogen-bond acceptors (Lipinski definition) is 3. The Kier molecular flexibility index (Phi) is 6.49. The molecule has 4 nitrogen and oxygen atoms in total. The first-order chi connectivity index (χ1) is 10.1. The SMILES string of the molecule is CCCNC(C)C1CCCCN1C(C)C(=O)N1CCCC1. The molecular weight excluding hydrogens is 262 g/mol. The zero-order valence-corrected chi connectivity index (χ0v) is 14.1. The lowest BCUT2D eigenvalue weighted by molar-refractivity contribution is -0.137. The van der Waals surface area contributed by atoms with Gasteiger partial charge in [-0.3, -0.25) is 9.69 Å². The topological polar surface area (TPSA) is 35.6 Å². The number of nitrogens with zero attached hydrogens (tertiary/aromatic N) is 2. The largest absolute Gasteiger partial charge is 0.341 e. The average molecular weight is 295 g/mol. The number of hydrogen-bond donors (Lipinski definition) is 1. The van der Waals surface area contributed by atoms with Gasteiger partial charge in [-0.15, -0.1) is 0 Å². The summed E-state index contributed by atoms with van der Waals surface area (Å²) in [6, 6.07) is 1.02. The summed E-state index contributed by atoms with van der Waals surface area (Å²) in [5, 5.41) is 3.63. The highest BCUT2D eigenvalue weighted by Crippen LogP contribution is 2.24. The predicted octanol–water partition coefficient (Wildman–Crippen LogP) is 2.24. The Morgan fingerprint density at radius 1 is 1.14 bits per heavy atom. The van der Waals surface area contributed by atoms with Gasteiger partial charge in [0, 0.05) is 25.2 Å². The summed E-state index contributed by atoms with van der Waals surface area (Å²) in [4.78, 5) is 17.2. The minimum absolute atomic E-state index is 0.0410. The van der Waals surface area contributed by atoms with Crippen molar-refractivity contribution >= 4 is 5.91 Å². The van der Waals surface area contributed by atoms with Crippen molar-refractivity contribution in [2.75, 3.05) is 26.2 Å². The van der Waals surface area contributed by atoms with Gasteiger partial charge in [0.1, 0.15) is 0 Å². The molecule has 0 aromatic heterocycles. The summed E-state index contributed by atoms with van der Waals surface area (Å²) in [6.07, 6.45) is 7.26. The first-order valence-corrected chi connectivity index (χ1v) is 8.93. The lowest BCUT2D eigenvalue weighted by Gasteiger charge is -2.43. The molecule has 2 fully saturated rings. The maximum atomic E-state index is 12.7. The van der Waals surface area contributed by atoms with E-state index in [0.29, 0.717) is 18.0 Å². The van der Waals surface area contributed by atoms with E-state index in [0.717, 1.165) is 26.2 Å². The van der Waals surface area contributed by atoms with E-state index in [2.05, 4.69) is 35.9 Å². The minimum atomic E-state index is 0.0410. The monoisotopic (exact) mass is 295 g/mol. The van der Waals surface area contributed by atoms with Crippen molar-refractivity contribution in [3.8, 4) is 0 Å². The van der Waals surface area contributed by atoms with E-state index in [4.69, 9.17) is 0 Å². The molecule has 0 radical (unpaired) electrons. The number of nitrogens with one attached hydrogen (secondary N) is 1. The molecule has 0 aromatic carbocycles. The Labute approximate surface area is 130 Å². The number of piperidine rings is 1. The maximum absolute atomic E-state index is 12.7. The number of amides is 1. The second-order valence-corrected chi connectivity index (χ2v) is 6.75. The van der Waals surface area contributed by atoms with Gasteiger partial charge in [0.2, 0.25) is 5.91 Å². The van der Waals surface area contributed by atoms with Crippen LogP contribution in [0.4, 0.5) is 0 Å². The van der Waals surface area contributed by atoms with Gasteiger partial charge in [-0.1, -0.05) is 13.3 Å². The molecule has 1 N–H and O–H groups in total. The summed E-state index contributed by atoms with van der Waals surface area (Å²) >= 11 is 0. The van der Waals surface area contributed by atoms with Crippen molar-refractivity contribution in [2.45, 2.75) is 77.4 Å². The van der Waals surface area contributed by atoms with Gasteiger partial charge in [-0.05, 0) is 59.0 Å². The maximum Gasteiger partial charge on any atom is 0.239 e. The third kappa shape index (κ3) is 4.19. The lowest BCUT2D eigenvalue weighted by Crippen LogP contribution is -2.57. The molecule has 1 amide bonds. The highest BCUT2D eigenvalue weighted by molar-refractivity contribution is 5.81. The molecule has 3 atom stereocenters. The summed E-state index contributed by atoms with van der Waals surface area (Å²) in [7, 11) is 0. The number of likely N-dealkylation sites (tertiary alicyclic amines) is 2. The van der Waals surface area contributed by atoms with E-state index in [-0.39, 0.29) is 6.04 Å². The fourth-order valence-corrected chi connectivity index (χ4v) is 3.85. The second kappa shape index (κ2) is 8.14. The summed E-state index contributed by atoms with van der Waals surface area (Å²) in [5.74, 6) is 0.349. The molecule has 0 saturated carbocycles. The third-order valence-corrected chi connectivity index (χ3v) is 5.16.